The maximum Gasteiger partial charge on any atom is 0.124 e. The van der Waals surface area contributed by atoms with Crippen LogP contribution in [0.25, 0.3) is 0 Å². The lowest BCUT2D eigenvalue weighted by Crippen LogP contribution is -2.50. The summed E-state index contributed by atoms with van der Waals surface area (Å²) in [5.74, 6) is 0.974. The number of rotatable bonds is 0. The SMILES string of the molecule is CN1CCC2(CC1)CC(N)c1cc(Br)ccc1O2. The van der Waals surface area contributed by atoms with Crippen LogP contribution in [-0.4, -0.2) is 30.6 Å². The summed E-state index contributed by atoms with van der Waals surface area (Å²) in [5, 5.41) is 0. The van der Waals surface area contributed by atoms with E-state index in [0.717, 1.165) is 48.1 Å². The summed E-state index contributed by atoms with van der Waals surface area (Å²) >= 11 is 3.50. The van der Waals surface area contributed by atoms with E-state index in [0.29, 0.717) is 0 Å². The van der Waals surface area contributed by atoms with Crippen molar-refractivity contribution in [1.29, 1.82) is 0 Å². The van der Waals surface area contributed by atoms with Gasteiger partial charge in [0.1, 0.15) is 11.4 Å². The molecule has 0 saturated carbocycles. The van der Waals surface area contributed by atoms with E-state index < -0.39 is 0 Å². The summed E-state index contributed by atoms with van der Waals surface area (Å²) in [4.78, 5) is 2.36. The Labute approximate surface area is 116 Å². The number of hydrogen-bond acceptors (Lipinski definition) is 3. The molecule has 3 rings (SSSR count). The van der Waals surface area contributed by atoms with Crippen LogP contribution in [0.2, 0.25) is 0 Å². The van der Waals surface area contributed by atoms with Gasteiger partial charge < -0.3 is 15.4 Å². The Morgan fingerprint density at radius 1 is 1.39 bits per heavy atom. The van der Waals surface area contributed by atoms with Gasteiger partial charge in [0.15, 0.2) is 0 Å². The number of piperidine rings is 1. The van der Waals surface area contributed by atoms with Crippen molar-refractivity contribution in [1.82, 2.24) is 4.90 Å². The molecule has 0 bridgehead atoms. The number of hydrogen-bond donors (Lipinski definition) is 1. The summed E-state index contributed by atoms with van der Waals surface area (Å²) in [6, 6.07) is 6.24. The van der Waals surface area contributed by atoms with Gasteiger partial charge in [-0.05, 0) is 38.1 Å². The van der Waals surface area contributed by atoms with E-state index >= 15 is 0 Å². The Morgan fingerprint density at radius 3 is 2.83 bits per heavy atom. The maximum absolute atomic E-state index is 6.34. The lowest BCUT2D eigenvalue weighted by molar-refractivity contribution is -0.0164. The fraction of sp³-hybridized carbons (Fsp3) is 0.571. The number of nitrogens with two attached hydrogens (primary N) is 1. The molecule has 18 heavy (non-hydrogen) atoms. The third-order valence-electron chi connectivity index (χ3n) is 4.19. The molecule has 0 aliphatic carbocycles. The highest BCUT2D eigenvalue weighted by atomic mass is 79.9. The van der Waals surface area contributed by atoms with E-state index in [1.54, 1.807) is 0 Å². The van der Waals surface area contributed by atoms with Crippen molar-refractivity contribution in [3.05, 3.63) is 28.2 Å². The van der Waals surface area contributed by atoms with Crippen molar-refractivity contribution in [3.63, 3.8) is 0 Å². The van der Waals surface area contributed by atoms with Gasteiger partial charge >= 0.3 is 0 Å². The normalized spacial score (nSPS) is 26.7. The van der Waals surface area contributed by atoms with Gasteiger partial charge in [-0.1, -0.05) is 15.9 Å². The van der Waals surface area contributed by atoms with Crippen LogP contribution in [0.15, 0.2) is 22.7 Å². The molecule has 0 amide bonds. The van der Waals surface area contributed by atoms with Crippen LogP contribution in [0.4, 0.5) is 0 Å². The summed E-state index contributed by atoms with van der Waals surface area (Å²) in [6.45, 7) is 2.19. The van der Waals surface area contributed by atoms with Crippen molar-refractivity contribution in [2.75, 3.05) is 20.1 Å². The summed E-state index contributed by atoms with van der Waals surface area (Å²) < 4.78 is 7.38. The monoisotopic (exact) mass is 310 g/mol. The maximum atomic E-state index is 6.34. The van der Waals surface area contributed by atoms with E-state index in [-0.39, 0.29) is 11.6 Å². The molecule has 2 heterocycles. The molecule has 0 radical (unpaired) electrons. The third-order valence-corrected chi connectivity index (χ3v) is 4.68. The van der Waals surface area contributed by atoms with Gasteiger partial charge in [-0.3, -0.25) is 0 Å². The molecule has 3 nitrogen and oxygen atoms in total. The number of nitrogens with zero attached hydrogens (tertiary/aromatic N) is 1. The van der Waals surface area contributed by atoms with Gasteiger partial charge in [-0.2, -0.15) is 0 Å². The average Bonchev–Trinajstić information content (AvgIpc) is 2.35. The molecule has 2 N–H and O–H groups in total. The molecule has 0 aromatic heterocycles. The van der Waals surface area contributed by atoms with Crippen LogP contribution in [-0.2, 0) is 0 Å². The molecule has 1 fully saturated rings. The van der Waals surface area contributed by atoms with Gasteiger partial charge in [-0.25, -0.2) is 0 Å². The standard InChI is InChI=1S/C14H19BrN2O/c1-17-6-4-14(5-7-17)9-12(16)11-8-10(15)2-3-13(11)18-14/h2-3,8,12H,4-7,9,16H2,1H3. The molecular weight excluding hydrogens is 292 g/mol. The molecule has 2 aliphatic heterocycles. The Kier molecular flexibility index (Phi) is 3.12. The summed E-state index contributed by atoms with van der Waals surface area (Å²) in [5.41, 5.74) is 7.44. The highest BCUT2D eigenvalue weighted by Gasteiger charge is 2.41. The summed E-state index contributed by atoms with van der Waals surface area (Å²) in [6.07, 6.45) is 3.09. The number of fused-ring (bicyclic) bond motifs is 1. The average molecular weight is 311 g/mol. The van der Waals surface area contributed by atoms with Crippen LogP contribution in [0.5, 0.6) is 5.75 Å². The first-order valence-electron chi connectivity index (χ1n) is 6.51. The molecule has 1 atom stereocenters. The van der Waals surface area contributed by atoms with Crippen LogP contribution in [0.3, 0.4) is 0 Å². The molecule has 1 spiro atoms. The molecule has 1 unspecified atom stereocenters. The quantitative estimate of drug-likeness (QED) is 0.800. The van der Waals surface area contributed by atoms with Gasteiger partial charge in [0.2, 0.25) is 0 Å². The molecule has 2 aliphatic rings. The second-order valence-electron chi connectivity index (χ2n) is 5.58. The number of halogens is 1. The highest BCUT2D eigenvalue weighted by Crippen LogP contribution is 2.43. The predicted molar refractivity (Wildman–Crippen MR) is 75.8 cm³/mol. The van der Waals surface area contributed by atoms with E-state index in [4.69, 9.17) is 10.5 Å². The third kappa shape index (κ3) is 2.17. The second-order valence-corrected chi connectivity index (χ2v) is 6.50. The topological polar surface area (TPSA) is 38.5 Å². The molecule has 98 valence electrons. The zero-order valence-corrected chi connectivity index (χ0v) is 12.2. The van der Waals surface area contributed by atoms with Gasteiger partial charge in [0.05, 0.1) is 0 Å². The van der Waals surface area contributed by atoms with E-state index in [1.165, 1.54) is 0 Å². The van der Waals surface area contributed by atoms with Crippen LogP contribution in [0.1, 0.15) is 30.9 Å². The van der Waals surface area contributed by atoms with Crippen LogP contribution < -0.4 is 10.5 Å². The zero-order chi connectivity index (χ0) is 12.8. The number of likely N-dealkylation sites (tertiary alicyclic amines) is 1. The molecule has 1 aromatic carbocycles. The fourth-order valence-corrected chi connectivity index (χ4v) is 3.40. The first-order valence-corrected chi connectivity index (χ1v) is 7.30. The van der Waals surface area contributed by atoms with Crippen molar-refractivity contribution >= 4 is 15.9 Å². The van der Waals surface area contributed by atoms with Crippen molar-refractivity contribution in [2.24, 2.45) is 5.73 Å². The van der Waals surface area contributed by atoms with E-state index in [9.17, 15) is 0 Å². The van der Waals surface area contributed by atoms with Gasteiger partial charge in [0, 0.05) is 35.6 Å². The van der Waals surface area contributed by atoms with Gasteiger partial charge in [0.25, 0.3) is 0 Å². The predicted octanol–water partition coefficient (Wildman–Crippen LogP) is 2.70. The minimum atomic E-state index is -0.0350. The number of benzene rings is 1. The molecular formula is C14H19BrN2O. The first-order chi connectivity index (χ1) is 8.58. The lowest BCUT2D eigenvalue weighted by Gasteiger charge is -2.45. The minimum Gasteiger partial charge on any atom is -0.487 e. The summed E-state index contributed by atoms with van der Waals surface area (Å²) in [7, 11) is 2.17. The first kappa shape index (κ1) is 12.5. The largest absolute Gasteiger partial charge is 0.487 e. The molecule has 4 heteroatoms. The Bertz CT molecular complexity index is 455. The van der Waals surface area contributed by atoms with Crippen LogP contribution in [0, 0.1) is 0 Å². The number of ether oxygens (including phenoxy) is 1. The van der Waals surface area contributed by atoms with E-state index in [2.05, 4.69) is 33.9 Å². The second kappa shape index (κ2) is 4.51. The Balaban J connectivity index is 1.89. The van der Waals surface area contributed by atoms with Crippen molar-refractivity contribution in [2.45, 2.75) is 30.9 Å². The smallest absolute Gasteiger partial charge is 0.124 e. The highest BCUT2D eigenvalue weighted by molar-refractivity contribution is 9.10. The Morgan fingerprint density at radius 2 is 2.11 bits per heavy atom. The van der Waals surface area contributed by atoms with Crippen molar-refractivity contribution in [3.8, 4) is 5.75 Å². The van der Waals surface area contributed by atoms with Crippen LogP contribution >= 0.6 is 15.9 Å². The van der Waals surface area contributed by atoms with Crippen molar-refractivity contribution < 1.29 is 4.74 Å². The zero-order valence-electron chi connectivity index (χ0n) is 10.7. The molecule has 1 aromatic rings. The Hall–Kier alpha value is -0.580. The van der Waals surface area contributed by atoms with Gasteiger partial charge in [-0.15, -0.1) is 0 Å². The van der Waals surface area contributed by atoms with E-state index in [1.807, 2.05) is 12.1 Å². The lowest BCUT2D eigenvalue weighted by atomic mass is 9.81. The minimum absolute atomic E-state index is 0.0350. The fourth-order valence-electron chi connectivity index (χ4n) is 3.02. The molecule has 1 saturated heterocycles.